The summed E-state index contributed by atoms with van der Waals surface area (Å²) in [6.45, 7) is 0. The molecule has 1 aromatic heterocycles. The number of pyridine rings is 1. The molecular formula is C5H6NNaO4S. The Balaban J connectivity index is 0. The van der Waals surface area contributed by atoms with Crippen LogP contribution in [0.2, 0.25) is 0 Å². The standard InChI is InChI=1S/C5H4N.Na.H2O4S/c1-2-4-6-5-3-1;;1-5(2,3)4/h1-4H;;(H2,1,2,3,4)/q-1;+1;. The monoisotopic (exact) mass is 199 g/mol. The maximum Gasteiger partial charge on any atom is 1.00 e. The zero-order valence-corrected chi connectivity index (χ0v) is 9.19. The van der Waals surface area contributed by atoms with E-state index in [1.165, 1.54) is 0 Å². The van der Waals surface area contributed by atoms with Crippen LogP contribution >= 0.6 is 0 Å². The Morgan fingerprint density at radius 1 is 1.25 bits per heavy atom. The van der Waals surface area contributed by atoms with Crippen molar-refractivity contribution >= 4 is 10.4 Å². The van der Waals surface area contributed by atoms with E-state index in [0.717, 1.165) is 0 Å². The fourth-order valence-corrected chi connectivity index (χ4v) is 0.277. The SMILES string of the molecule is O=S(=O)(O)O.[Na+].[c-]1ccccn1. The van der Waals surface area contributed by atoms with Gasteiger partial charge in [0.1, 0.15) is 0 Å². The van der Waals surface area contributed by atoms with E-state index in [1.807, 2.05) is 12.1 Å². The third-order valence-electron chi connectivity index (χ3n) is 0.517. The molecule has 0 radical (unpaired) electrons. The summed E-state index contributed by atoms with van der Waals surface area (Å²) < 4.78 is 31.6. The Kier molecular flexibility index (Phi) is 9.28. The van der Waals surface area contributed by atoms with Crippen molar-refractivity contribution < 1.29 is 47.1 Å². The minimum Gasteiger partial charge on any atom is -0.394 e. The molecule has 0 unspecified atom stereocenters. The molecule has 2 N–H and O–H groups in total. The molecule has 1 aromatic rings. The molecule has 0 aliphatic rings. The Hall–Kier alpha value is 0.0200. The number of hydrogen-bond donors (Lipinski definition) is 2. The van der Waals surface area contributed by atoms with Gasteiger partial charge >= 0.3 is 40.0 Å². The molecule has 0 fully saturated rings. The minimum atomic E-state index is -4.67. The number of hydrogen-bond acceptors (Lipinski definition) is 3. The average Bonchev–Trinajstić information content (AvgIpc) is 1.88. The molecular weight excluding hydrogens is 193 g/mol. The molecule has 7 heteroatoms. The second-order valence-corrected chi connectivity index (χ2v) is 2.30. The smallest absolute Gasteiger partial charge is 0.394 e. The summed E-state index contributed by atoms with van der Waals surface area (Å²) in [5.41, 5.74) is 0. The first-order chi connectivity index (χ1) is 5.00. The van der Waals surface area contributed by atoms with Gasteiger partial charge in [-0.3, -0.25) is 9.11 Å². The second kappa shape index (κ2) is 7.66. The van der Waals surface area contributed by atoms with Crippen LogP contribution in [-0.2, 0) is 10.4 Å². The topological polar surface area (TPSA) is 87.5 Å². The fourth-order valence-electron chi connectivity index (χ4n) is 0.277. The molecule has 62 valence electrons. The van der Waals surface area contributed by atoms with Gasteiger partial charge < -0.3 is 4.98 Å². The molecule has 0 bridgehead atoms. The predicted molar refractivity (Wildman–Crippen MR) is 37.3 cm³/mol. The largest absolute Gasteiger partial charge is 1.00 e. The third-order valence-corrected chi connectivity index (χ3v) is 0.517. The van der Waals surface area contributed by atoms with Crippen LogP contribution in [-0.4, -0.2) is 22.5 Å². The first kappa shape index (κ1) is 14.5. The van der Waals surface area contributed by atoms with Gasteiger partial charge in [0, 0.05) is 0 Å². The molecule has 0 atom stereocenters. The van der Waals surface area contributed by atoms with Crippen molar-refractivity contribution in [1.82, 2.24) is 4.98 Å². The molecule has 0 aromatic carbocycles. The van der Waals surface area contributed by atoms with Gasteiger partial charge in [0.15, 0.2) is 0 Å². The zero-order chi connectivity index (χ0) is 8.74. The van der Waals surface area contributed by atoms with E-state index in [1.54, 1.807) is 12.3 Å². The Morgan fingerprint density at radius 2 is 1.75 bits per heavy atom. The van der Waals surface area contributed by atoms with Crippen molar-refractivity contribution in [1.29, 1.82) is 0 Å². The van der Waals surface area contributed by atoms with Crippen LogP contribution in [0, 0.1) is 6.20 Å². The fraction of sp³-hybridized carbons (Fsp3) is 0. The Labute approximate surface area is 92.7 Å². The van der Waals surface area contributed by atoms with Crippen molar-refractivity contribution in [2.75, 3.05) is 0 Å². The van der Waals surface area contributed by atoms with E-state index in [0.29, 0.717) is 0 Å². The van der Waals surface area contributed by atoms with Gasteiger partial charge in [-0.1, -0.05) is 12.4 Å². The van der Waals surface area contributed by atoms with Crippen LogP contribution in [0.4, 0.5) is 0 Å². The van der Waals surface area contributed by atoms with Crippen LogP contribution in [0.5, 0.6) is 0 Å². The first-order valence-corrected chi connectivity index (χ1v) is 3.87. The summed E-state index contributed by atoms with van der Waals surface area (Å²) in [4.78, 5) is 3.66. The van der Waals surface area contributed by atoms with Gasteiger partial charge in [0.25, 0.3) is 0 Å². The number of aromatic nitrogens is 1. The first-order valence-electron chi connectivity index (χ1n) is 2.47. The summed E-state index contributed by atoms with van der Waals surface area (Å²) in [5, 5.41) is 0. The van der Waals surface area contributed by atoms with E-state index in [2.05, 4.69) is 11.2 Å². The molecule has 0 saturated carbocycles. The summed E-state index contributed by atoms with van der Waals surface area (Å²) >= 11 is 0. The van der Waals surface area contributed by atoms with E-state index in [4.69, 9.17) is 17.5 Å². The van der Waals surface area contributed by atoms with Gasteiger partial charge in [-0.25, -0.2) is 0 Å². The van der Waals surface area contributed by atoms with E-state index >= 15 is 0 Å². The molecule has 0 aliphatic heterocycles. The molecule has 0 aliphatic carbocycles. The molecule has 0 amide bonds. The summed E-state index contributed by atoms with van der Waals surface area (Å²) in [5.74, 6) is 0. The maximum absolute atomic E-state index is 8.74. The van der Waals surface area contributed by atoms with E-state index < -0.39 is 10.4 Å². The maximum atomic E-state index is 8.74. The van der Waals surface area contributed by atoms with Crippen LogP contribution in [0.1, 0.15) is 0 Å². The van der Waals surface area contributed by atoms with Gasteiger partial charge in [0.05, 0.1) is 0 Å². The number of nitrogens with zero attached hydrogens (tertiary/aromatic N) is 1. The van der Waals surface area contributed by atoms with E-state index in [-0.39, 0.29) is 29.6 Å². The molecule has 0 saturated heterocycles. The van der Waals surface area contributed by atoms with Crippen LogP contribution < -0.4 is 29.6 Å². The molecule has 5 nitrogen and oxygen atoms in total. The van der Waals surface area contributed by atoms with Crippen LogP contribution in [0.15, 0.2) is 24.4 Å². The molecule has 0 spiro atoms. The quantitative estimate of drug-likeness (QED) is 0.268. The zero-order valence-electron chi connectivity index (χ0n) is 6.38. The van der Waals surface area contributed by atoms with E-state index in [9.17, 15) is 0 Å². The summed E-state index contributed by atoms with van der Waals surface area (Å²) in [6, 6.07) is 5.50. The van der Waals surface area contributed by atoms with Crippen LogP contribution in [0.3, 0.4) is 0 Å². The average molecular weight is 199 g/mol. The normalized spacial score (nSPS) is 8.83. The summed E-state index contributed by atoms with van der Waals surface area (Å²) in [6.07, 6.45) is 4.34. The Morgan fingerprint density at radius 3 is 1.83 bits per heavy atom. The van der Waals surface area contributed by atoms with Crippen LogP contribution in [0.25, 0.3) is 0 Å². The van der Waals surface area contributed by atoms with Crippen molar-refractivity contribution in [2.24, 2.45) is 0 Å². The third kappa shape index (κ3) is 22.5. The van der Waals surface area contributed by atoms with Gasteiger partial charge in [-0.05, 0) is 0 Å². The predicted octanol–water partition coefficient (Wildman–Crippen LogP) is -2.77. The van der Waals surface area contributed by atoms with Crippen molar-refractivity contribution in [3.63, 3.8) is 0 Å². The second-order valence-electron chi connectivity index (χ2n) is 1.41. The molecule has 1 rings (SSSR count). The van der Waals surface area contributed by atoms with Gasteiger partial charge in [-0.2, -0.15) is 26.6 Å². The van der Waals surface area contributed by atoms with Crippen molar-refractivity contribution in [3.8, 4) is 0 Å². The van der Waals surface area contributed by atoms with Gasteiger partial charge in [0.2, 0.25) is 0 Å². The number of rotatable bonds is 0. The minimum absolute atomic E-state index is 0. The van der Waals surface area contributed by atoms with Gasteiger partial charge in [-0.15, -0.1) is 0 Å². The summed E-state index contributed by atoms with van der Waals surface area (Å²) in [7, 11) is -4.67. The van der Waals surface area contributed by atoms with Crippen molar-refractivity contribution in [3.05, 3.63) is 30.6 Å². The molecule has 12 heavy (non-hydrogen) atoms. The molecule has 1 heterocycles. The van der Waals surface area contributed by atoms with Crippen molar-refractivity contribution in [2.45, 2.75) is 0 Å². The Bertz CT molecular complexity index is 240.